The van der Waals surface area contributed by atoms with Crippen molar-refractivity contribution in [1.29, 1.82) is 0 Å². The van der Waals surface area contributed by atoms with Crippen LogP contribution in [0.15, 0.2) is 24.3 Å². The molecule has 0 spiro atoms. The number of aromatic hydroxyl groups is 1. The van der Waals surface area contributed by atoms with E-state index in [-0.39, 0.29) is 12.3 Å². The summed E-state index contributed by atoms with van der Waals surface area (Å²) >= 11 is 0. The molecule has 1 aromatic carbocycles. The second kappa shape index (κ2) is 4.65. The van der Waals surface area contributed by atoms with Gasteiger partial charge in [-0.25, -0.2) is 4.79 Å². The molecule has 5 nitrogen and oxygen atoms in total. The zero-order chi connectivity index (χ0) is 11.4. The molecule has 1 unspecified atom stereocenters. The number of aliphatic hydroxyl groups is 1. The molecule has 0 heterocycles. The minimum atomic E-state index is -1.41. The Kier molecular flexibility index (Phi) is 3.51. The summed E-state index contributed by atoms with van der Waals surface area (Å²) in [6, 6.07) is 6.28. The van der Waals surface area contributed by atoms with Crippen LogP contribution in [-0.4, -0.2) is 41.0 Å². The normalized spacial score (nSPS) is 12.1. The van der Waals surface area contributed by atoms with Crippen LogP contribution in [0, 0.1) is 0 Å². The van der Waals surface area contributed by atoms with Crippen molar-refractivity contribution in [1.82, 2.24) is 0 Å². The first-order valence-electron chi connectivity index (χ1n) is 4.41. The summed E-state index contributed by atoms with van der Waals surface area (Å²) in [7, 11) is 1.67. The number of carboxylic acids is 1. The maximum Gasteiger partial charge on any atom is 0.334 e. The molecule has 0 aliphatic rings. The predicted molar refractivity (Wildman–Crippen MR) is 55.0 cm³/mol. The van der Waals surface area contributed by atoms with Crippen LogP contribution < -0.4 is 4.90 Å². The Hall–Kier alpha value is -1.75. The van der Waals surface area contributed by atoms with E-state index in [4.69, 9.17) is 15.3 Å². The van der Waals surface area contributed by atoms with E-state index in [0.29, 0.717) is 0 Å². The number of carbonyl (C=O) groups is 1. The molecule has 0 aliphatic heterocycles. The molecule has 0 aromatic heterocycles. The molecule has 0 amide bonds. The Labute approximate surface area is 87.2 Å². The predicted octanol–water partition coefficient (Wildman–Crippen LogP) is 0.274. The molecule has 1 rings (SSSR count). The Morgan fingerprint density at radius 2 is 1.93 bits per heavy atom. The zero-order valence-electron chi connectivity index (χ0n) is 8.29. The zero-order valence-corrected chi connectivity index (χ0v) is 8.29. The molecule has 82 valence electrons. The van der Waals surface area contributed by atoms with Gasteiger partial charge in [-0.05, 0) is 24.3 Å². The van der Waals surface area contributed by atoms with Crippen molar-refractivity contribution >= 4 is 11.7 Å². The van der Waals surface area contributed by atoms with Gasteiger partial charge in [-0.3, -0.25) is 0 Å². The van der Waals surface area contributed by atoms with Crippen LogP contribution in [-0.2, 0) is 4.79 Å². The number of nitrogens with zero attached hydrogens (tertiary/aromatic N) is 1. The second-order valence-electron chi connectivity index (χ2n) is 3.25. The molecule has 0 fully saturated rings. The average Bonchev–Trinajstić information content (AvgIpc) is 2.18. The van der Waals surface area contributed by atoms with Gasteiger partial charge in [0, 0.05) is 12.7 Å². The number of aliphatic carboxylic acids is 1. The SMILES string of the molecule is CN(CC(O)C(=O)O)c1ccc(O)cc1. The fourth-order valence-corrected chi connectivity index (χ4v) is 1.15. The average molecular weight is 211 g/mol. The number of benzene rings is 1. The highest BCUT2D eigenvalue weighted by Crippen LogP contribution is 2.17. The van der Waals surface area contributed by atoms with Crippen molar-refractivity contribution in [2.75, 3.05) is 18.5 Å². The molecular weight excluding hydrogens is 198 g/mol. The van der Waals surface area contributed by atoms with Crippen molar-refractivity contribution in [3.05, 3.63) is 24.3 Å². The van der Waals surface area contributed by atoms with Gasteiger partial charge in [-0.1, -0.05) is 0 Å². The highest BCUT2D eigenvalue weighted by Gasteiger charge is 2.15. The highest BCUT2D eigenvalue weighted by atomic mass is 16.4. The van der Waals surface area contributed by atoms with E-state index in [2.05, 4.69) is 0 Å². The molecule has 15 heavy (non-hydrogen) atoms. The number of aliphatic hydroxyl groups excluding tert-OH is 1. The highest BCUT2D eigenvalue weighted by molar-refractivity contribution is 5.73. The summed E-state index contributed by atoms with van der Waals surface area (Å²) in [4.78, 5) is 12.0. The van der Waals surface area contributed by atoms with Crippen LogP contribution in [0.4, 0.5) is 5.69 Å². The van der Waals surface area contributed by atoms with Crippen molar-refractivity contribution in [2.24, 2.45) is 0 Å². The van der Waals surface area contributed by atoms with Crippen LogP contribution >= 0.6 is 0 Å². The maximum atomic E-state index is 10.4. The summed E-state index contributed by atoms with van der Waals surface area (Å²) in [5.41, 5.74) is 0.730. The summed E-state index contributed by atoms with van der Waals surface area (Å²) in [5.74, 6) is -1.11. The Bertz CT molecular complexity index is 336. The van der Waals surface area contributed by atoms with E-state index in [1.54, 1.807) is 24.1 Å². The molecule has 0 aliphatic carbocycles. The van der Waals surface area contributed by atoms with Crippen molar-refractivity contribution in [3.63, 3.8) is 0 Å². The van der Waals surface area contributed by atoms with Crippen molar-refractivity contribution in [2.45, 2.75) is 6.10 Å². The molecule has 1 aromatic rings. The first-order valence-corrected chi connectivity index (χ1v) is 4.41. The van der Waals surface area contributed by atoms with E-state index in [1.807, 2.05) is 0 Å². The lowest BCUT2D eigenvalue weighted by Crippen LogP contribution is -2.34. The Balaban J connectivity index is 2.64. The number of phenols is 1. The van der Waals surface area contributed by atoms with Crippen LogP contribution in [0.5, 0.6) is 5.75 Å². The van der Waals surface area contributed by atoms with Gasteiger partial charge in [-0.15, -0.1) is 0 Å². The standard InChI is InChI=1S/C10H13NO4/c1-11(6-9(13)10(14)15)7-2-4-8(12)5-3-7/h2-5,9,12-13H,6H2,1H3,(H,14,15). The maximum absolute atomic E-state index is 10.4. The van der Waals surface area contributed by atoms with Crippen LogP contribution in [0.1, 0.15) is 0 Å². The third-order valence-corrected chi connectivity index (χ3v) is 2.02. The molecule has 0 radical (unpaired) electrons. The summed E-state index contributed by atoms with van der Waals surface area (Å²) in [6.07, 6.45) is -1.41. The van der Waals surface area contributed by atoms with E-state index < -0.39 is 12.1 Å². The molecular formula is C10H13NO4. The quantitative estimate of drug-likeness (QED) is 0.666. The topological polar surface area (TPSA) is 81.0 Å². The summed E-state index contributed by atoms with van der Waals surface area (Å²) < 4.78 is 0. The number of rotatable bonds is 4. The van der Waals surface area contributed by atoms with Crippen LogP contribution in [0.25, 0.3) is 0 Å². The number of hydrogen-bond donors (Lipinski definition) is 3. The summed E-state index contributed by atoms with van der Waals surface area (Å²) in [5, 5.41) is 26.7. The smallest absolute Gasteiger partial charge is 0.334 e. The number of carboxylic acid groups (broad SMARTS) is 1. The van der Waals surface area contributed by atoms with Gasteiger partial charge in [0.05, 0.1) is 6.54 Å². The van der Waals surface area contributed by atoms with Gasteiger partial charge >= 0.3 is 5.97 Å². The van der Waals surface area contributed by atoms with Crippen LogP contribution in [0.2, 0.25) is 0 Å². The van der Waals surface area contributed by atoms with Gasteiger partial charge < -0.3 is 20.2 Å². The lowest BCUT2D eigenvalue weighted by atomic mass is 10.2. The third kappa shape index (κ3) is 3.14. The first kappa shape index (κ1) is 11.3. The lowest BCUT2D eigenvalue weighted by molar-refractivity contribution is -0.146. The molecule has 0 saturated carbocycles. The molecule has 5 heteroatoms. The third-order valence-electron chi connectivity index (χ3n) is 2.02. The lowest BCUT2D eigenvalue weighted by Gasteiger charge is -2.20. The van der Waals surface area contributed by atoms with E-state index in [0.717, 1.165) is 5.69 Å². The largest absolute Gasteiger partial charge is 0.508 e. The van der Waals surface area contributed by atoms with E-state index in [9.17, 15) is 4.79 Å². The molecule has 0 saturated heterocycles. The van der Waals surface area contributed by atoms with Gasteiger partial charge in [0.15, 0.2) is 6.10 Å². The van der Waals surface area contributed by atoms with Crippen molar-refractivity contribution in [3.8, 4) is 5.75 Å². The minimum Gasteiger partial charge on any atom is -0.508 e. The monoisotopic (exact) mass is 211 g/mol. The fourth-order valence-electron chi connectivity index (χ4n) is 1.15. The molecule has 1 atom stereocenters. The van der Waals surface area contributed by atoms with E-state index in [1.165, 1.54) is 12.1 Å². The Morgan fingerprint density at radius 1 is 1.40 bits per heavy atom. The summed E-state index contributed by atoms with van der Waals surface area (Å²) in [6.45, 7) is 0.000108. The first-order chi connectivity index (χ1) is 7.00. The second-order valence-corrected chi connectivity index (χ2v) is 3.25. The number of phenolic OH excluding ortho intramolecular Hbond substituents is 1. The Morgan fingerprint density at radius 3 is 2.40 bits per heavy atom. The molecule has 0 bridgehead atoms. The van der Waals surface area contributed by atoms with Gasteiger partial charge in [0.25, 0.3) is 0 Å². The van der Waals surface area contributed by atoms with Gasteiger partial charge in [-0.2, -0.15) is 0 Å². The van der Waals surface area contributed by atoms with Gasteiger partial charge in [0.1, 0.15) is 5.75 Å². The molecule has 3 N–H and O–H groups in total. The minimum absolute atomic E-state index is 0.000108. The number of anilines is 1. The number of hydrogen-bond acceptors (Lipinski definition) is 4. The van der Waals surface area contributed by atoms with Crippen molar-refractivity contribution < 1.29 is 20.1 Å². The number of likely N-dealkylation sites (N-methyl/N-ethyl adjacent to an activating group) is 1. The van der Waals surface area contributed by atoms with Crippen LogP contribution in [0.3, 0.4) is 0 Å². The van der Waals surface area contributed by atoms with Gasteiger partial charge in [0.2, 0.25) is 0 Å². The van der Waals surface area contributed by atoms with E-state index >= 15 is 0 Å². The fraction of sp³-hybridized carbons (Fsp3) is 0.300.